The Kier molecular flexibility index (Phi) is 4.31. The van der Waals surface area contributed by atoms with E-state index in [0.717, 1.165) is 3.57 Å². The lowest BCUT2D eigenvalue weighted by atomic mass is 10.2. The largest absolute Gasteiger partial charge is 0.479 e. The molecule has 0 saturated heterocycles. The summed E-state index contributed by atoms with van der Waals surface area (Å²) in [6, 6.07) is 4.39. The number of rotatable bonds is 4. The van der Waals surface area contributed by atoms with Crippen molar-refractivity contribution in [2.75, 3.05) is 0 Å². The smallest absolute Gasteiger partial charge is 0.344 e. The molecule has 3 nitrogen and oxygen atoms in total. The molecule has 0 aliphatic heterocycles. The van der Waals surface area contributed by atoms with Crippen LogP contribution in [0.3, 0.4) is 0 Å². The monoisotopic (exact) mass is 324 g/mol. The van der Waals surface area contributed by atoms with Crippen molar-refractivity contribution in [2.24, 2.45) is 0 Å². The molecule has 1 aromatic carbocycles. The van der Waals surface area contributed by atoms with Crippen LogP contribution in [0.4, 0.5) is 4.39 Å². The maximum Gasteiger partial charge on any atom is 0.344 e. The number of hydrogen-bond acceptors (Lipinski definition) is 2. The van der Waals surface area contributed by atoms with Gasteiger partial charge in [0.25, 0.3) is 0 Å². The van der Waals surface area contributed by atoms with E-state index in [0.29, 0.717) is 6.42 Å². The van der Waals surface area contributed by atoms with Crippen molar-refractivity contribution in [1.29, 1.82) is 0 Å². The van der Waals surface area contributed by atoms with Crippen LogP contribution in [-0.2, 0) is 4.79 Å². The van der Waals surface area contributed by atoms with Gasteiger partial charge in [0.2, 0.25) is 0 Å². The van der Waals surface area contributed by atoms with Gasteiger partial charge in [0.1, 0.15) is 0 Å². The second kappa shape index (κ2) is 5.29. The van der Waals surface area contributed by atoms with Gasteiger partial charge in [-0.2, -0.15) is 0 Å². The van der Waals surface area contributed by atoms with Gasteiger partial charge in [0.05, 0.1) is 0 Å². The van der Waals surface area contributed by atoms with Crippen LogP contribution >= 0.6 is 22.6 Å². The first-order valence-corrected chi connectivity index (χ1v) is 5.47. The quantitative estimate of drug-likeness (QED) is 0.866. The van der Waals surface area contributed by atoms with Crippen LogP contribution in [0.5, 0.6) is 5.75 Å². The average Bonchev–Trinajstić information content (AvgIpc) is 2.16. The first kappa shape index (κ1) is 12.2. The Bertz CT molecular complexity index is 368. The molecule has 1 atom stereocenters. The maximum absolute atomic E-state index is 13.3. The minimum Gasteiger partial charge on any atom is -0.479 e. The summed E-state index contributed by atoms with van der Waals surface area (Å²) in [6.07, 6.45) is -0.708. The molecule has 0 fully saturated rings. The third-order valence-corrected chi connectivity index (χ3v) is 2.48. The lowest BCUT2D eigenvalue weighted by Crippen LogP contribution is -2.26. The highest BCUT2D eigenvalue weighted by Crippen LogP contribution is 2.21. The second-order valence-corrected chi connectivity index (χ2v) is 4.17. The summed E-state index contributed by atoms with van der Waals surface area (Å²) in [5, 5.41) is 8.73. The van der Waals surface area contributed by atoms with Crippen LogP contribution in [0.25, 0.3) is 0 Å². The molecule has 1 rings (SSSR count). The highest BCUT2D eigenvalue weighted by atomic mass is 127. The number of aliphatic carboxylic acids is 1. The Morgan fingerprint density at radius 2 is 2.33 bits per heavy atom. The molecule has 82 valence electrons. The molecular weight excluding hydrogens is 314 g/mol. The van der Waals surface area contributed by atoms with Crippen LogP contribution in [0, 0.1) is 9.39 Å². The van der Waals surface area contributed by atoms with Crippen LogP contribution < -0.4 is 4.74 Å². The van der Waals surface area contributed by atoms with Crippen LogP contribution in [-0.4, -0.2) is 17.2 Å². The molecule has 0 amide bonds. The van der Waals surface area contributed by atoms with Gasteiger partial charge in [0.15, 0.2) is 17.7 Å². The van der Waals surface area contributed by atoms with Crippen molar-refractivity contribution in [3.63, 3.8) is 0 Å². The molecular formula is C10H10FIO3. The first-order valence-electron chi connectivity index (χ1n) is 4.39. The van der Waals surface area contributed by atoms with Gasteiger partial charge >= 0.3 is 5.97 Å². The summed E-state index contributed by atoms with van der Waals surface area (Å²) < 4.78 is 19.1. The fraction of sp³-hybridized carbons (Fsp3) is 0.300. The second-order valence-electron chi connectivity index (χ2n) is 2.93. The molecule has 0 radical (unpaired) electrons. The highest BCUT2D eigenvalue weighted by molar-refractivity contribution is 14.1. The molecule has 15 heavy (non-hydrogen) atoms. The van der Waals surface area contributed by atoms with Gasteiger partial charge in [-0.3, -0.25) is 0 Å². The number of halogens is 2. The number of ether oxygens (including phenoxy) is 1. The average molecular weight is 324 g/mol. The van der Waals surface area contributed by atoms with Crippen LogP contribution in [0.15, 0.2) is 18.2 Å². The molecule has 0 heterocycles. The molecule has 0 spiro atoms. The summed E-state index contributed by atoms with van der Waals surface area (Å²) in [5.41, 5.74) is 0. The lowest BCUT2D eigenvalue weighted by Gasteiger charge is -2.13. The molecule has 1 N–H and O–H groups in total. The molecule has 0 aromatic heterocycles. The van der Waals surface area contributed by atoms with Crippen molar-refractivity contribution in [2.45, 2.75) is 19.4 Å². The number of carbonyl (C=O) groups is 1. The minimum absolute atomic E-state index is 0.0235. The molecule has 0 bridgehead atoms. The van der Waals surface area contributed by atoms with Gasteiger partial charge in [0, 0.05) is 3.57 Å². The van der Waals surface area contributed by atoms with E-state index in [1.165, 1.54) is 12.1 Å². The van der Waals surface area contributed by atoms with Gasteiger partial charge in [-0.05, 0) is 47.2 Å². The van der Waals surface area contributed by atoms with Gasteiger partial charge in [-0.15, -0.1) is 0 Å². The lowest BCUT2D eigenvalue weighted by molar-refractivity contribution is -0.145. The van der Waals surface area contributed by atoms with Crippen molar-refractivity contribution < 1.29 is 19.0 Å². The van der Waals surface area contributed by atoms with Crippen molar-refractivity contribution >= 4 is 28.6 Å². The topological polar surface area (TPSA) is 46.5 Å². The predicted molar refractivity (Wildman–Crippen MR) is 61.5 cm³/mol. The molecule has 0 aliphatic carbocycles. The van der Waals surface area contributed by atoms with E-state index < -0.39 is 17.9 Å². The third-order valence-electron chi connectivity index (χ3n) is 1.81. The number of benzene rings is 1. The Morgan fingerprint density at radius 3 is 2.80 bits per heavy atom. The Hall–Kier alpha value is -0.850. The fourth-order valence-electron chi connectivity index (χ4n) is 1.03. The van der Waals surface area contributed by atoms with E-state index in [9.17, 15) is 9.18 Å². The number of carboxylic acids is 1. The van der Waals surface area contributed by atoms with Crippen LogP contribution in [0.2, 0.25) is 0 Å². The molecule has 1 aromatic rings. The Balaban J connectivity index is 2.84. The van der Waals surface area contributed by atoms with Crippen molar-refractivity contribution in [3.8, 4) is 5.75 Å². The van der Waals surface area contributed by atoms with E-state index in [4.69, 9.17) is 9.84 Å². The number of carboxylic acid groups (broad SMARTS) is 1. The summed E-state index contributed by atoms with van der Waals surface area (Å²) in [5.74, 6) is -1.65. The van der Waals surface area contributed by atoms with Crippen LogP contribution in [0.1, 0.15) is 13.3 Å². The SMILES string of the molecule is CCC(Oc1ccc(I)cc1F)C(=O)O. The first-order chi connectivity index (χ1) is 7.04. The van der Waals surface area contributed by atoms with E-state index >= 15 is 0 Å². The molecule has 1 unspecified atom stereocenters. The zero-order valence-electron chi connectivity index (χ0n) is 8.04. The van der Waals surface area contributed by atoms with Gasteiger partial charge in [-0.25, -0.2) is 9.18 Å². The maximum atomic E-state index is 13.3. The summed E-state index contributed by atoms with van der Waals surface area (Å²) in [4.78, 5) is 10.7. The third kappa shape index (κ3) is 3.33. The summed E-state index contributed by atoms with van der Waals surface area (Å²) in [6.45, 7) is 1.67. The van der Waals surface area contributed by atoms with E-state index in [2.05, 4.69) is 0 Å². The minimum atomic E-state index is -1.09. The van der Waals surface area contributed by atoms with E-state index in [1.54, 1.807) is 13.0 Å². The Labute approximate surface area is 100 Å². The highest BCUT2D eigenvalue weighted by Gasteiger charge is 2.18. The standard InChI is InChI=1S/C10H10FIO3/c1-2-8(10(13)14)15-9-4-3-6(12)5-7(9)11/h3-5,8H,2H2,1H3,(H,13,14). The molecule has 0 saturated carbocycles. The van der Waals surface area contributed by atoms with Gasteiger partial charge < -0.3 is 9.84 Å². The number of hydrogen-bond donors (Lipinski definition) is 1. The fourth-order valence-corrected chi connectivity index (χ4v) is 1.49. The molecule has 5 heteroatoms. The zero-order chi connectivity index (χ0) is 11.4. The predicted octanol–water partition coefficient (Wildman–Crippen LogP) is 2.67. The van der Waals surface area contributed by atoms with Gasteiger partial charge in [-0.1, -0.05) is 6.92 Å². The Morgan fingerprint density at radius 1 is 1.67 bits per heavy atom. The summed E-state index contributed by atoms with van der Waals surface area (Å²) in [7, 11) is 0. The zero-order valence-corrected chi connectivity index (χ0v) is 10.2. The normalized spacial score (nSPS) is 12.2. The molecule has 0 aliphatic rings. The van der Waals surface area contributed by atoms with Crippen molar-refractivity contribution in [3.05, 3.63) is 27.6 Å². The summed E-state index contributed by atoms with van der Waals surface area (Å²) >= 11 is 1.97. The van der Waals surface area contributed by atoms with E-state index in [-0.39, 0.29) is 5.75 Å². The van der Waals surface area contributed by atoms with Crippen molar-refractivity contribution in [1.82, 2.24) is 0 Å². The van der Waals surface area contributed by atoms with E-state index in [1.807, 2.05) is 22.6 Å².